The Bertz CT molecular complexity index is 3170. The van der Waals surface area contributed by atoms with Gasteiger partial charge in [0.05, 0.1) is 35.5 Å². The highest BCUT2D eigenvalue weighted by molar-refractivity contribution is 6.03. The number of ether oxygens (including phenoxy) is 2. The first-order valence-electron chi connectivity index (χ1n) is 27.4. The van der Waals surface area contributed by atoms with Crippen LogP contribution >= 0.6 is 0 Å². The molecule has 12 heteroatoms. The number of esters is 1. The number of nitrogens with one attached hydrogen (secondary N) is 2. The number of fused-ring (bicyclic) bond motifs is 3. The summed E-state index contributed by atoms with van der Waals surface area (Å²) in [5, 5.41) is 2.85. The van der Waals surface area contributed by atoms with Crippen LogP contribution in [0.5, 0.6) is 11.5 Å². The third-order valence-corrected chi connectivity index (χ3v) is 16.8. The first-order valence-corrected chi connectivity index (χ1v) is 27.4. The Morgan fingerprint density at radius 1 is 0.693 bits per heavy atom. The van der Waals surface area contributed by atoms with E-state index in [4.69, 9.17) is 19.5 Å². The van der Waals surface area contributed by atoms with E-state index >= 15 is 0 Å². The summed E-state index contributed by atoms with van der Waals surface area (Å²) in [5.41, 5.74) is 13.2. The van der Waals surface area contributed by atoms with Gasteiger partial charge < -0.3 is 29.6 Å². The minimum absolute atomic E-state index is 0.00441. The summed E-state index contributed by atoms with van der Waals surface area (Å²) in [6.45, 7) is 9.12. The summed E-state index contributed by atoms with van der Waals surface area (Å²) in [5.74, 6) is 0.498. The maximum atomic E-state index is 14.2. The molecule has 386 valence electrons. The lowest BCUT2D eigenvalue weighted by Gasteiger charge is -2.30. The summed E-state index contributed by atoms with van der Waals surface area (Å²) in [6, 6.07) is 37.1. The van der Waals surface area contributed by atoms with Gasteiger partial charge in [0.1, 0.15) is 23.4 Å². The summed E-state index contributed by atoms with van der Waals surface area (Å²) >= 11 is 0. The van der Waals surface area contributed by atoms with E-state index in [9.17, 15) is 19.2 Å². The fourth-order valence-corrected chi connectivity index (χ4v) is 12.9. The lowest BCUT2D eigenvalue weighted by atomic mass is 9.76. The second-order valence-corrected chi connectivity index (χ2v) is 22.2. The highest BCUT2D eigenvalue weighted by atomic mass is 16.6. The first-order chi connectivity index (χ1) is 36.4. The number of hydrogen-bond donors (Lipinski definition) is 2. The molecule has 0 bridgehead atoms. The lowest BCUT2D eigenvalue weighted by Crippen LogP contribution is -2.51. The Balaban J connectivity index is 0.790. The number of likely N-dealkylation sites (tertiary alicyclic amines) is 2. The molecule has 0 unspecified atom stereocenters. The zero-order chi connectivity index (χ0) is 51.8. The van der Waals surface area contributed by atoms with Crippen LogP contribution in [0.25, 0.3) is 38.9 Å². The van der Waals surface area contributed by atoms with E-state index < -0.39 is 24.0 Å². The summed E-state index contributed by atoms with van der Waals surface area (Å²) in [7, 11) is 0. The van der Waals surface area contributed by atoms with Crippen LogP contribution in [0.3, 0.4) is 0 Å². The number of hydrogen-bond acceptors (Lipinski definition) is 8. The standard InChI is InChI=1S/C63H68N6O6/c1-39(2)50(37-56(70)74-45-15-7-5-8-16-45)60(71)68-33-13-19-54(68)53-36-44(38-64-53)41-21-23-42(24-22-41)48-27-26-47(49-29-32-63(57(48)49)30-11-12-31-63)43-25-28-51-52(35-43)66-59(65-51)55-20-14-34-69(55)61(72)58(40(3)4)67-62(73)75-46-17-9-6-10-18-46/h5-10,15-18,21-28,35,38-40,50,54-55,58H,11-14,19-20,29-34,36-37H2,1-4H3,(H,65,66)(H,67,73)/t50-,54-,55-,58-/m0/s1. The summed E-state index contributed by atoms with van der Waals surface area (Å²) in [6.07, 6.45) is 12.5. The highest BCUT2D eigenvalue weighted by Crippen LogP contribution is 2.55. The molecule has 0 radical (unpaired) electrons. The molecule has 6 aromatic rings. The molecule has 1 aromatic heterocycles. The number of amides is 3. The van der Waals surface area contributed by atoms with Crippen LogP contribution < -0.4 is 14.8 Å². The van der Waals surface area contributed by atoms with Gasteiger partial charge in [0.15, 0.2) is 0 Å². The van der Waals surface area contributed by atoms with Gasteiger partial charge in [-0.1, -0.05) is 119 Å². The van der Waals surface area contributed by atoms with Gasteiger partial charge in [-0.2, -0.15) is 0 Å². The van der Waals surface area contributed by atoms with Crippen molar-refractivity contribution in [1.29, 1.82) is 0 Å². The smallest absolute Gasteiger partial charge is 0.413 e. The van der Waals surface area contributed by atoms with Gasteiger partial charge >= 0.3 is 12.1 Å². The highest BCUT2D eigenvalue weighted by Gasteiger charge is 2.44. The number of para-hydroxylation sites is 2. The van der Waals surface area contributed by atoms with E-state index in [1.807, 2.05) is 68.0 Å². The van der Waals surface area contributed by atoms with Gasteiger partial charge in [-0.05, 0) is 150 Å². The van der Waals surface area contributed by atoms with Gasteiger partial charge in [-0.3, -0.25) is 19.4 Å². The number of rotatable bonds is 14. The SMILES string of the molecule is CC(C)[C@H](CC(=O)Oc1ccccc1)C(=O)N1CCC[C@H]1C1=NC=C(c2ccc(-c3ccc(-c4ccc5nc([C@@H]6CCCN6C(=O)[C@@H](NC(=O)Oc6ccccc6)C(C)C)[nH]c5c4)c4c3C3(CCCC3)CC4)cc2)C1. The van der Waals surface area contributed by atoms with Gasteiger partial charge in [0.2, 0.25) is 11.8 Å². The second-order valence-electron chi connectivity index (χ2n) is 22.2. The van der Waals surface area contributed by atoms with Crippen molar-refractivity contribution in [1.82, 2.24) is 25.1 Å². The Hall–Kier alpha value is -7.34. The summed E-state index contributed by atoms with van der Waals surface area (Å²) in [4.78, 5) is 71.9. The molecule has 2 saturated heterocycles. The number of imidazole rings is 1. The minimum atomic E-state index is -0.749. The minimum Gasteiger partial charge on any atom is -0.427 e. The molecule has 2 N–H and O–H groups in total. The van der Waals surface area contributed by atoms with Crippen LogP contribution in [-0.2, 0) is 26.2 Å². The molecule has 5 aliphatic rings. The van der Waals surface area contributed by atoms with Crippen LogP contribution in [0.15, 0.2) is 126 Å². The lowest BCUT2D eigenvalue weighted by molar-refractivity contribution is -0.144. The van der Waals surface area contributed by atoms with Gasteiger partial charge in [-0.25, -0.2) is 9.78 Å². The average molecular weight is 1010 g/mol. The number of allylic oxidation sites excluding steroid dienone is 1. The molecule has 4 atom stereocenters. The van der Waals surface area contributed by atoms with Gasteiger partial charge in [0.25, 0.3) is 0 Å². The molecule has 11 rings (SSSR count). The average Bonchev–Trinajstić information content (AvgIpc) is 4.32. The Kier molecular flexibility index (Phi) is 14.0. The molecule has 5 aromatic carbocycles. The van der Waals surface area contributed by atoms with Crippen molar-refractivity contribution >= 4 is 46.2 Å². The van der Waals surface area contributed by atoms with Crippen molar-refractivity contribution in [3.63, 3.8) is 0 Å². The maximum Gasteiger partial charge on any atom is 0.413 e. The molecule has 4 heterocycles. The largest absolute Gasteiger partial charge is 0.427 e. The van der Waals surface area contributed by atoms with Crippen LogP contribution in [0.4, 0.5) is 4.79 Å². The quantitative estimate of drug-likeness (QED) is 0.0816. The first kappa shape index (κ1) is 49.9. The molecular weight excluding hydrogens is 937 g/mol. The number of aromatic amines is 1. The van der Waals surface area contributed by atoms with E-state index in [0.29, 0.717) is 31.0 Å². The molecule has 1 spiro atoms. The van der Waals surface area contributed by atoms with E-state index in [0.717, 1.165) is 77.8 Å². The van der Waals surface area contributed by atoms with Crippen molar-refractivity contribution < 1.29 is 28.7 Å². The molecule has 3 fully saturated rings. The molecular formula is C63H68N6O6. The number of benzene rings is 5. The van der Waals surface area contributed by atoms with E-state index in [1.165, 1.54) is 53.5 Å². The molecule has 75 heavy (non-hydrogen) atoms. The number of nitrogens with zero attached hydrogens (tertiary/aromatic N) is 4. The predicted molar refractivity (Wildman–Crippen MR) is 293 cm³/mol. The fraction of sp³-hybridized carbons (Fsp3) is 0.397. The second kappa shape index (κ2) is 21.1. The fourth-order valence-electron chi connectivity index (χ4n) is 12.9. The molecule has 12 nitrogen and oxygen atoms in total. The van der Waals surface area contributed by atoms with Crippen molar-refractivity contribution in [2.75, 3.05) is 13.1 Å². The van der Waals surface area contributed by atoms with Gasteiger partial charge in [-0.15, -0.1) is 0 Å². The van der Waals surface area contributed by atoms with Crippen LogP contribution in [0.2, 0.25) is 0 Å². The predicted octanol–water partition coefficient (Wildman–Crippen LogP) is 12.6. The van der Waals surface area contributed by atoms with Crippen molar-refractivity contribution in [3.05, 3.63) is 144 Å². The molecule has 3 amide bonds. The van der Waals surface area contributed by atoms with Crippen LogP contribution in [-0.4, -0.2) is 74.5 Å². The molecule has 1 saturated carbocycles. The number of aliphatic imine (C=N–C) groups is 1. The zero-order valence-electron chi connectivity index (χ0n) is 43.6. The number of H-pyrrole nitrogens is 1. The van der Waals surface area contributed by atoms with Crippen LogP contribution in [0.1, 0.15) is 127 Å². The van der Waals surface area contributed by atoms with Crippen molar-refractivity contribution in [2.24, 2.45) is 22.7 Å². The van der Waals surface area contributed by atoms with Crippen molar-refractivity contribution in [3.8, 4) is 33.8 Å². The third kappa shape index (κ3) is 10.0. The zero-order valence-corrected chi connectivity index (χ0v) is 43.6. The topological polar surface area (TPSA) is 146 Å². The molecule has 3 aliphatic heterocycles. The van der Waals surface area contributed by atoms with Gasteiger partial charge in [0, 0.05) is 31.4 Å². The normalized spacial score (nSPS) is 19.7. The molecule has 2 aliphatic carbocycles. The number of carbonyl (C=O) groups excluding carboxylic acids is 4. The monoisotopic (exact) mass is 1000 g/mol. The summed E-state index contributed by atoms with van der Waals surface area (Å²) < 4.78 is 11.1. The Morgan fingerprint density at radius 3 is 2.03 bits per heavy atom. The third-order valence-electron chi connectivity index (χ3n) is 16.8. The Labute approximate surface area is 440 Å². The number of carbonyl (C=O) groups is 4. The van der Waals surface area contributed by atoms with E-state index in [2.05, 4.69) is 64.9 Å². The van der Waals surface area contributed by atoms with E-state index in [-0.39, 0.29) is 47.6 Å². The maximum absolute atomic E-state index is 14.2. The van der Waals surface area contributed by atoms with Crippen LogP contribution in [0, 0.1) is 17.8 Å². The Morgan fingerprint density at radius 2 is 1.33 bits per heavy atom. The number of aromatic nitrogens is 2. The van der Waals surface area contributed by atoms with E-state index in [1.54, 1.807) is 36.4 Å². The van der Waals surface area contributed by atoms with Crippen molar-refractivity contribution in [2.45, 2.75) is 128 Å².